The molecule has 1 aromatic heterocycles. The van der Waals surface area contributed by atoms with Crippen molar-refractivity contribution in [3.8, 4) is 0 Å². The number of hydrogen-bond acceptors (Lipinski definition) is 3. The van der Waals surface area contributed by atoms with Gasteiger partial charge in [0.2, 0.25) is 0 Å². The number of aliphatic hydroxyl groups is 1. The second-order valence-electron chi connectivity index (χ2n) is 4.39. The molecule has 5 heteroatoms. The molecule has 4 nitrogen and oxygen atoms in total. The fourth-order valence-corrected chi connectivity index (χ4v) is 2.44. The number of aromatic nitrogens is 1. The van der Waals surface area contributed by atoms with Crippen LogP contribution in [-0.2, 0) is 0 Å². The lowest BCUT2D eigenvalue weighted by atomic mass is 10.1. The van der Waals surface area contributed by atoms with Crippen LogP contribution < -0.4 is 5.32 Å². The maximum Gasteiger partial charge on any atom is 0.269 e. The number of pyridine rings is 1. The number of rotatable bonds is 3. The molecule has 92 valence electrons. The second-order valence-corrected chi connectivity index (χ2v) is 5.20. The first-order chi connectivity index (χ1) is 8.15. The first-order valence-electron chi connectivity index (χ1n) is 5.74. The van der Waals surface area contributed by atoms with Gasteiger partial charge in [0.1, 0.15) is 10.3 Å². The predicted molar refractivity (Wildman–Crippen MR) is 67.6 cm³/mol. The number of nitrogens with zero attached hydrogens (tertiary/aromatic N) is 1. The Morgan fingerprint density at radius 1 is 1.53 bits per heavy atom. The molecule has 0 saturated heterocycles. The zero-order valence-electron chi connectivity index (χ0n) is 9.40. The van der Waals surface area contributed by atoms with Crippen LogP contribution in [0.25, 0.3) is 0 Å². The Morgan fingerprint density at radius 2 is 2.35 bits per heavy atom. The number of nitrogens with one attached hydrogen (secondary N) is 1. The molecule has 1 aliphatic rings. The van der Waals surface area contributed by atoms with E-state index in [1.54, 1.807) is 18.2 Å². The van der Waals surface area contributed by atoms with Gasteiger partial charge in [0.15, 0.2) is 0 Å². The minimum absolute atomic E-state index is 0.160. The van der Waals surface area contributed by atoms with Gasteiger partial charge >= 0.3 is 0 Å². The molecule has 2 unspecified atom stereocenters. The van der Waals surface area contributed by atoms with Crippen molar-refractivity contribution in [2.24, 2.45) is 5.92 Å². The average molecular weight is 299 g/mol. The van der Waals surface area contributed by atoms with Gasteiger partial charge in [-0.3, -0.25) is 4.79 Å². The summed E-state index contributed by atoms with van der Waals surface area (Å²) in [6, 6.07) is 5.25. The van der Waals surface area contributed by atoms with Crippen LogP contribution >= 0.6 is 15.9 Å². The van der Waals surface area contributed by atoms with Crippen LogP contribution in [0.3, 0.4) is 0 Å². The van der Waals surface area contributed by atoms with E-state index >= 15 is 0 Å². The van der Waals surface area contributed by atoms with E-state index < -0.39 is 0 Å². The van der Waals surface area contributed by atoms with Gasteiger partial charge in [-0.05, 0) is 53.2 Å². The molecule has 1 amide bonds. The number of hydrogen-bond donors (Lipinski definition) is 2. The largest absolute Gasteiger partial charge is 0.393 e. The molecule has 17 heavy (non-hydrogen) atoms. The maximum absolute atomic E-state index is 11.8. The van der Waals surface area contributed by atoms with E-state index in [0.29, 0.717) is 22.8 Å². The number of aliphatic hydroxyl groups excluding tert-OH is 1. The van der Waals surface area contributed by atoms with Gasteiger partial charge in [-0.25, -0.2) is 4.98 Å². The molecule has 1 heterocycles. The van der Waals surface area contributed by atoms with Crippen molar-refractivity contribution >= 4 is 21.8 Å². The SMILES string of the molecule is O=C(NCC1CCC(O)C1)c1cccc(Br)n1. The van der Waals surface area contributed by atoms with Crippen LogP contribution in [0.2, 0.25) is 0 Å². The average Bonchev–Trinajstić information content (AvgIpc) is 2.72. The van der Waals surface area contributed by atoms with Crippen molar-refractivity contribution in [1.82, 2.24) is 10.3 Å². The van der Waals surface area contributed by atoms with Crippen LogP contribution in [0.5, 0.6) is 0 Å². The standard InChI is InChI=1S/C12H15BrN2O2/c13-11-3-1-2-10(15-11)12(17)14-7-8-4-5-9(16)6-8/h1-3,8-9,16H,4-7H2,(H,14,17). The van der Waals surface area contributed by atoms with Crippen molar-refractivity contribution in [3.05, 3.63) is 28.5 Å². The van der Waals surface area contributed by atoms with E-state index in [-0.39, 0.29) is 12.0 Å². The first-order valence-corrected chi connectivity index (χ1v) is 6.53. The van der Waals surface area contributed by atoms with E-state index in [4.69, 9.17) is 0 Å². The van der Waals surface area contributed by atoms with E-state index in [9.17, 15) is 9.90 Å². The number of carbonyl (C=O) groups is 1. The quantitative estimate of drug-likeness (QED) is 0.836. The highest BCUT2D eigenvalue weighted by atomic mass is 79.9. The fraction of sp³-hybridized carbons (Fsp3) is 0.500. The fourth-order valence-electron chi connectivity index (χ4n) is 2.10. The minimum Gasteiger partial charge on any atom is -0.393 e. The van der Waals surface area contributed by atoms with Crippen LogP contribution in [0.4, 0.5) is 0 Å². The summed E-state index contributed by atoms with van der Waals surface area (Å²) in [6.45, 7) is 0.615. The molecule has 2 rings (SSSR count). The highest BCUT2D eigenvalue weighted by Gasteiger charge is 2.23. The van der Waals surface area contributed by atoms with Crippen molar-refractivity contribution in [2.45, 2.75) is 25.4 Å². The lowest BCUT2D eigenvalue weighted by molar-refractivity contribution is 0.0940. The van der Waals surface area contributed by atoms with Crippen LogP contribution in [0.15, 0.2) is 22.8 Å². The summed E-state index contributed by atoms with van der Waals surface area (Å²) in [5.74, 6) is 0.230. The summed E-state index contributed by atoms with van der Waals surface area (Å²) in [5, 5.41) is 12.2. The molecule has 2 atom stereocenters. The van der Waals surface area contributed by atoms with Crippen LogP contribution in [0.1, 0.15) is 29.8 Å². The Hall–Kier alpha value is -0.940. The summed E-state index contributed by atoms with van der Waals surface area (Å²) in [7, 11) is 0. The Balaban J connectivity index is 1.85. The highest BCUT2D eigenvalue weighted by Crippen LogP contribution is 2.24. The minimum atomic E-state index is -0.194. The molecule has 0 radical (unpaired) electrons. The molecule has 1 fully saturated rings. The monoisotopic (exact) mass is 298 g/mol. The molecule has 0 bridgehead atoms. The van der Waals surface area contributed by atoms with Gasteiger partial charge in [0.25, 0.3) is 5.91 Å². The molecule has 1 aliphatic carbocycles. The lowest BCUT2D eigenvalue weighted by Gasteiger charge is -2.10. The molecule has 0 spiro atoms. The van der Waals surface area contributed by atoms with Crippen LogP contribution in [-0.4, -0.2) is 28.6 Å². The molecular weight excluding hydrogens is 284 g/mol. The third-order valence-corrected chi connectivity index (χ3v) is 3.45. The Morgan fingerprint density at radius 3 is 3.00 bits per heavy atom. The summed E-state index contributed by atoms with van der Waals surface area (Å²) in [4.78, 5) is 15.9. The molecule has 1 saturated carbocycles. The van der Waals surface area contributed by atoms with Gasteiger partial charge in [-0.2, -0.15) is 0 Å². The Labute approximate surface area is 109 Å². The van der Waals surface area contributed by atoms with Gasteiger partial charge in [-0.1, -0.05) is 6.07 Å². The van der Waals surface area contributed by atoms with Crippen molar-refractivity contribution in [2.75, 3.05) is 6.54 Å². The van der Waals surface area contributed by atoms with E-state index in [1.165, 1.54) is 0 Å². The van der Waals surface area contributed by atoms with E-state index in [0.717, 1.165) is 19.3 Å². The lowest BCUT2D eigenvalue weighted by Crippen LogP contribution is -2.29. The number of halogens is 1. The highest BCUT2D eigenvalue weighted by molar-refractivity contribution is 9.10. The molecule has 1 aromatic rings. The summed E-state index contributed by atoms with van der Waals surface area (Å²) >= 11 is 3.23. The maximum atomic E-state index is 11.8. The Bertz CT molecular complexity index is 411. The third-order valence-electron chi connectivity index (χ3n) is 3.01. The van der Waals surface area contributed by atoms with E-state index in [1.807, 2.05) is 0 Å². The van der Waals surface area contributed by atoms with Gasteiger partial charge in [-0.15, -0.1) is 0 Å². The number of amides is 1. The Kier molecular flexibility index (Phi) is 4.12. The van der Waals surface area contributed by atoms with Crippen molar-refractivity contribution in [1.29, 1.82) is 0 Å². The summed E-state index contributed by atoms with van der Waals surface area (Å²) in [6.07, 6.45) is 2.41. The van der Waals surface area contributed by atoms with Crippen molar-refractivity contribution in [3.63, 3.8) is 0 Å². The number of carbonyl (C=O) groups excluding carboxylic acids is 1. The molecular formula is C12H15BrN2O2. The van der Waals surface area contributed by atoms with Gasteiger partial charge in [0.05, 0.1) is 6.10 Å². The van der Waals surface area contributed by atoms with Gasteiger partial charge < -0.3 is 10.4 Å². The van der Waals surface area contributed by atoms with Gasteiger partial charge in [0, 0.05) is 6.54 Å². The summed E-state index contributed by atoms with van der Waals surface area (Å²) in [5.41, 5.74) is 0.415. The van der Waals surface area contributed by atoms with E-state index in [2.05, 4.69) is 26.2 Å². The predicted octanol–water partition coefficient (Wildman–Crippen LogP) is 1.73. The summed E-state index contributed by atoms with van der Waals surface area (Å²) < 4.78 is 0.654. The molecule has 0 aromatic carbocycles. The molecule has 2 N–H and O–H groups in total. The topological polar surface area (TPSA) is 62.2 Å². The van der Waals surface area contributed by atoms with Crippen LogP contribution in [0, 0.1) is 5.92 Å². The second kappa shape index (κ2) is 5.60. The van der Waals surface area contributed by atoms with Crippen molar-refractivity contribution < 1.29 is 9.90 Å². The third kappa shape index (κ3) is 3.51. The normalized spacial score (nSPS) is 23.6. The first kappa shape index (κ1) is 12.5. The zero-order valence-corrected chi connectivity index (χ0v) is 11.0. The zero-order chi connectivity index (χ0) is 12.3. The smallest absolute Gasteiger partial charge is 0.269 e. The molecule has 0 aliphatic heterocycles.